The molecular formula is C16H11N5O2S. The van der Waals surface area contributed by atoms with E-state index in [0.717, 1.165) is 11.6 Å². The summed E-state index contributed by atoms with van der Waals surface area (Å²) in [5.41, 5.74) is 6.29. The fourth-order valence-corrected chi connectivity index (χ4v) is 3.39. The van der Waals surface area contributed by atoms with Crippen molar-refractivity contribution in [2.24, 2.45) is 0 Å². The van der Waals surface area contributed by atoms with Gasteiger partial charge in [-0.2, -0.15) is 15.8 Å². The van der Waals surface area contributed by atoms with Crippen LogP contribution in [-0.2, 0) is 9.84 Å². The monoisotopic (exact) mass is 337 g/mol. The molecule has 0 bridgehead atoms. The molecule has 24 heavy (non-hydrogen) atoms. The summed E-state index contributed by atoms with van der Waals surface area (Å²) in [6, 6.07) is 12.3. The molecule has 7 nitrogen and oxygen atoms in total. The fraction of sp³-hybridized carbons (Fsp3) is 0.125. The van der Waals surface area contributed by atoms with E-state index in [-0.39, 0.29) is 26.9 Å². The van der Waals surface area contributed by atoms with Crippen molar-refractivity contribution in [3.05, 3.63) is 47.2 Å². The van der Waals surface area contributed by atoms with Crippen molar-refractivity contribution in [3.63, 3.8) is 0 Å². The maximum Gasteiger partial charge on any atom is 0.210 e. The van der Waals surface area contributed by atoms with Crippen LogP contribution < -0.4 is 5.73 Å². The first kappa shape index (κ1) is 17.0. The Bertz CT molecular complexity index is 1010. The molecule has 0 radical (unpaired) electrons. The van der Waals surface area contributed by atoms with Crippen molar-refractivity contribution in [2.45, 2.75) is 22.6 Å². The van der Waals surface area contributed by atoms with Gasteiger partial charge in [0, 0.05) is 0 Å². The predicted molar refractivity (Wildman–Crippen MR) is 84.0 cm³/mol. The average Bonchev–Trinajstić information content (AvgIpc) is 2.56. The molecular weight excluding hydrogens is 326 g/mol. The molecule has 0 spiro atoms. The quantitative estimate of drug-likeness (QED) is 0.898. The lowest BCUT2D eigenvalue weighted by molar-refractivity contribution is 0.596. The van der Waals surface area contributed by atoms with Crippen LogP contribution >= 0.6 is 0 Å². The normalized spacial score (nSPS) is 10.6. The van der Waals surface area contributed by atoms with Crippen LogP contribution in [0.2, 0.25) is 0 Å². The first-order valence-electron chi connectivity index (χ1n) is 6.66. The van der Waals surface area contributed by atoms with Gasteiger partial charge >= 0.3 is 0 Å². The summed E-state index contributed by atoms with van der Waals surface area (Å²) in [5.74, 6) is -1.67. The van der Waals surface area contributed by atoms with E-state index >= 15 is 0 Å². The van der Waals surface area contributed by atoms with Crippen molar-refractivity contribution in [2.75, 3.05) is 5.73 Å². The summed E-state index contributed by atoms with van der Waals surface area (Å²) in [6.45, 7) is 1.82. The molecule has 0 saturated carbocycles. The zero-order valence-corrected chi connectivity index (χ0v) is 13.4. The summed E-state index contributed by atoms with van der Waals surface area (Å²) in [5, 5.41) is 27.1. The van der Waals surface area contributed by atoms with E-state index < -0.39 is 15.8 Å². The molecule has 2 N–H and O–H groups in total. The Morgan fingerprint density at radius 1 is 1.12 bits per heavy atom. The Hall–Kier alpha value is -3.41. The third-order valence-electron chi connectivity index (χ3n) is 3.32. The SMILES string of the molecule is Cc1ccc(S(=O)(=O)c2cc(C#N)c(C(C#N)C#N)nc2N)cc1. The molecule has 0 fully saturated rings. The van der Waals surface area contributed by atoms with Gasteiger partial charge < -0.3 is 5.73 Å². The minimum Gasteiger partial charge on any atom is -0.383 e. The molecule has 8 heteroatoms. The van der Waals surface area contributed by atoms with Crippen LogP contribution in [0.4, 0.5) is 5.82 Å². The molecule has 2 rings (SSSR count). The number of hydrogen-bond donors (Lipinski definition) is 1. The van der Waals surface area contributed by atoms with E-state index in [2.05, 4.69) is 4.98 Å². The standard InChI is InChI=1S/C16H11N5O2S/c1-10-2-4-13(5-3-10)24(22,23)14-6-11(7-17)15(21-16(14)20)12(8-18)9-19/h2-6,12H,1H3,(H2,20,21). The highest BCUT2D eigenvalue weighted by Gasteiger charge is 2.26. The van der Waals surface area contributed by atoms with Crippen LogP contribution in [0.3, 0.4) is 0 Å². The third kappa shape index (κ3) is 2.89. The average molecular weight is 337 g/mol. The van der Waals surface area contributed by atoms with Crippen LogP contribution in [0.5, 0.6) is 0 Å². The molecule has 1 heterocycles. The second kappa shape index (κ2) is 6.37. The Morgan fingerprint density at radius 2 is 1.71 bits per heavy atom. The third-order valence-corrected chi connectivity index (χ3v) is 5.12. The second-order valence-electron chi connectivity index (χ2n) is 4.92. The molecule has 118 valence electrons. The van der Waals surface area contributed by atoms with Crippen LogP contribution in [0.1, 0.15) is 22.7 Å². The van der Waals surface area contributed by atoms with Crippen molar-refractivity contribution in [1.82, 2.24) is 4.98 Å². The minimum absolute atomic E-state index is 0.00959. The zero-order chi connectivity index (χ0) is 17.9. The van der Waals surface area contributed by atoms with Crippen molar-refractivity contribution in [1.29, 1.82) is 15.8 Å². The van der Waals surface area contributed by atoms with E-state index in [1.807, 2.05) is 6.92 Å². The fourth-order valence-electron chi connectivity index (χ4n) is 2.04. The molecule has 0 aliphatic heterocycles. The number of anilines is 1. The van der Waals surface area contributed by atoms with Gasteiger partial charge in [-0.15, -0.1) is 0 Å². The first-order valence-corrected chi connectivity index (χ1v) is 8.15. The molecule has 0 amide bonds. The Labute approximate surface area is 139 Å². The van der Waals surface area contributed by atoms with Gasteiger partial charge in [0.05, 0.1) is 28.3 Å². The maximum absolute atomic E-state index is 12.7. The Morgan fingerprint density at radius 3 is 2.21 bits per heavy atom. The van der Waals surface area contributed by atoms with Gasteiger partial charge in [0.2, 0.25) is 9.84 Å². The topological polar surface area (TPSA) is 144 Å². The van der Waals surface area contributed by atoms with Gasteiger partial charge in [0.25, 0.3) is 0 Å². The van der Waals surface area contributed by atoms with E-state index in [1.54, 1.807) is 30.3 Å². The summed E-state index contributed by atoms with van der Waals surface area (Å²) < 4.78 is 25.4. The number of rotatable bonds is 3. The van der Waals surface area contributed by atoms with Crippen LogP contribution in [0.25, 0.3) is 0 Å². The van der Waals surface area contributed by atoms with Gasteiger partial charge in [-0.3, -0.25) is 0 Å². The zero-order valence-electron chi connectivity index (χ0n) is 12.6. The number of aromatic nitrogens is 1. The van der Waals surface area contributed by atoms with Gasteiger partial charge in [-0.1, -0.05) is 17.7 Å². The van der Waals surface area contributed by atoms with Crippen molar-refractivity contribution < 1.29 is 8.42 Å². The van der Waals surface area contributed by atoms with Gasteiger partial charge in [0.15, 0.2) is 5.92 Å². The summed E-state index contributed by atoms with van der Waals surface area (Å²) >= 11 is 0. The largest absolute Gasteiger partial charge is 0.383 e. The summed E-state index contributed by atoms with van der Waals surface area (Å²) in [4.78, 5) is 3.50. The molecule has 0 atom stereocenters. The number of hydrogen-bond acceptors (Lipinski definition) is 7. The van der Waals surface area contributed by atoms with Crippen LogP contribution in [-0.4, -0.2) is 13.4 Å². The number of sulfone groups is 1. The number of pyridine rings is 1. The lowest BCUT2D eigenvalue weighted by atomic mass is 10.0. The number of nitrogens with zero attached hydrogens (tertiary/aromatic N) is 4. The first-order chi connectivity index (χ1) is 11.3. The Balaban J connectivity index is 2.69. The minimum atomic E-state index is -3.98. The predicted octanol–water partition coefficient (Wildman–Crippen LogP) is 1.81. The van der Waals surface area contributed by atoms with Gasteiger partial charge in [-0.05, 0) is 25.1 Å². The number of nitrogen functional groups attached to an aromatic ring is 1. The van der Waals surface area contributed by atoms with Gasteiger partial charge in [-0.25, -0.2) is 13.4 Å². The number of benzene rings is 1. The highest BCUT2D eigenvalue weighted by atomic mass is 32.2. The maximum atomic E-state index is 12.7. The molecule has 0 unspecified atom stereocenters. The molecule has 2 aromatic rings. The van der Waals surface area contributed by atoms with Crippen LogP contribution in [0, 0.1) is 40.9 Å². The second-order valence-corrected chi connectivity index (χ2v) is 6.84. The lowest BCUT2D eigenvalue weighted by Crippen LogP contribution is -2.11. The highest BCUT2D eigenvalue weighted by Crippen LogP contribution is 2.29. The molecule has 1 aromatic heterocycles. The lowest BCUT2D eigenvalue weighted by Gasteiger charge is -2.11. The highest BCUT2D eigenvalue weighted by molar-refractivity contribution is 7.91. The van der Waals surface area contributed by atoms with Crippen molar-refractivity contribution in [3.8, 4) is 18.2 Å². The van der Waals surface area contributed by atoms with E-state index in [0.29, 0.717) is 0 Å². The smallest absolute Gasteiger partial charge is 0.210 e. The molecule has 0 saturated heterocycles. The van der Waals surface area contributed by atoms with Crippen LogP contribution in [0.15, 0.2) is 40.1 Å². The summed E-state index contributed by atoms with van der Waals surface area (Å²) in [7, 11) is -3.98. The molecule has 0 aliphatic carbocycles. The van der Waals surface area contributed by atoms with E-state index in [1.165, 1.54) is 12.1 Å². The van der Waals surface area contributed by atoms with Gasteiger partial charge in [0.1, 0.15) is 16.8 Å². The number of aryl methyl sites for hydroxylation is 1. The summed E-state index contributed by atoms with van der Waals surface area (Å²) in [6.07, 6.45) is 0. The van der Waals surface area contributed by atoms with Crippen molar-refractivity contribution >= 4 is 15.7 Å². The number of nitrogens with two attached hydrogens (primary N) is 1. The number of nitriles is 3. The van der Waals surface area contributed by atoms with E-state index in [9.17, 15) is 13.7 Å². The Kier molecular flexibility index (Phi) is 4.50. The van der Waals surface area contributed by atoms with E-state index in [4.69, 9.17) is 16.3 Å². The molecule has 0 aliphatic rings. The molecule has 1 aromatic carbocycles.